The lowest BCUT2D eigenvalue weighted by atomic mass is 10.2. The van der Waals surface area contributed by atoms with E-state index < -0.39 is 0 Å². The number of benzene rings is 1. The van der Waals surface area contributed by atoms with E-state index in [1.807, 2.05) is 32.0 Å². The Hall–Kier alpha value is -1.26. The minimum absolute atomic E-state index is 0. The first-order valence-electron chi connectivity index (χ1n) is 8.75. The van der Waals surface area contributed by atoms with Crippen molar-refractivity contribution in [2.45, 2.75) is 26.8 Å². The lowest BCUT2D eigenvalue weighted by molar-refractivity contribution is 0.145. The van der Waals surface area contributed by atoms with Crippen molar-refractivity contribution in [2.75, 3.05) is 46.6 Å². The summed E-state index contributed by atoms with van der Waals surface area (Å²) >= 11 is 0. The van der Waals surface area contributed by atoms with Crippen LogP contribution in [0, 0.1) is 0 Å². The summed E-state index contributed by atoms with van der Waals surface area (Å²) < 4.78 is 16.1. The van der Waals surface area contributed by atoms with Gasteiger partial charge in [-0.15, -0.1) is 24.0 Å². The molecule has 0 atom stereocenters. The maximum atomic E-state index is 8.85. The molecule has 26 heavy (non-hydrogen) atoms. The highest BCUT2D eigenvalue weighted by molar-refractivity contribution is 14.0. The van der Waals surface area contributed by atoms with Gasteiger partial charge in [0.25, 0.3) is 0 Å². The van der Waals surface area contributed by atoms with Crippen molar-refractivity contribution in [3.8, 4) is 11.5 Å². The predicted molar refractivity (Wildman–Crippen MR) is 115 cm³/mol. The third-order valence-electron chi connectivity index (χ3n) is 3.30. The van der Waals surface area contributed by atoms with E-state index in [9.17, 15) is 0 Å². The van der Waals surface area contributed by atoms with Gasteiger partial charge in [-0.2, -0.15) is 0 Å². The van der Waals surface area contributed by atoms with Gasteiger partial charge in [0, 0.05) is 26.3 Å². The third-order valence-corrected chi connectivity index (χ3v) is 3.30. The quantitative estimate of drug-likeness (QED) is 0.184. The molecule has 0 fully saturated rings. The summed E-state index contributed by atoms with van der Waals surface area (Å²) in [6.45, 7) is 7.86. The van der Waals surface area contributed by atoms with Crippen LogP contribution in [0.15, 0.2) is 23.2 Å². The summed E-state index contributed by atoms with van der Waals surface area (Å²) in [7, 11) is 1.60. The number of hydrogen-bond acceptors (Lipinski definition) is 5. The number of ether oxygens (including phenoxy) is 3. The van der Waals surface area contributed by atoms with Crippen LogP contribution in [0.5, 0.6) is 11.5 Å². The van der Waals surface area contributed by atoms with E-state index in [1.165, 1.54) is 0 Å². The normalized spacial score (nSPS) is 10.8. The summed E-state index contributed by atoms with van der Waals surface area (Å²) in [5.74, 6) is 2.03. The number of aliphatic hydroxyl groups excluding tert-OH is 1. The first-order valence-corrected chi connectivity index (χ1v) is 8.75. The summed E-state index contributed by atoms with van der Waals surface area (Å²) in [4.78, 5) is 4.59. The molecule has 8 heteroatoms. The van der Waals surface area contributed by atoms with Gasteiger partial charge in [-0.05, 0) is 38.0 Å². The molecule has 0 unspecified atom stereocenters. The number of aliphatic imine (C=N–C) groups is 1. The number of hydrogen-bond donors (Lipinski definition) is 3. The van der Waals surface area contributed by atoms with Crippen molar-refractivity contribution in [3.05, 3.63) is 23.8 Å². The van der Waals surface area contributed by atoms with Crippen molar-refractivity contribution in [2.24, 2.45) is 4.99 Å². The van der Waals surface area contributed by atoms with Gasteiger partial charge in [0.2, 0.25) is 0 Å². The van der Waals surface area contributed by atoms with E-state index in [0.29, 0.717) is 18.0 Å². The second-order valence-electron chi connectivity index (χ2n) is 5.23. The molecule has 0 saturated carbocycles. The van der Waals surface area contributed by atoms with Gasteiger partial charge in [0.1, 0.15) is 6.61 Å². The molecule has 0 bridgehead atoms. The van der Waals surface area contributed by atoms with Gasteiger partial charge in [0.05, 0.1) is 20.3 Å². The van der Waals surface area contributed by atoms with Crippen molar-refractivity contribution in [1.29, 1.82) is 0 Å². The van der Waals surface area contributed by atoms with Crippen LogP contribution in [-0.2, 0) is 11.3 Å². The van der Waals surface area contributed by atoms with Crippen LogP contribution in [-0.4, -0.2) is 57.7 Å². The lowest BCUT2D eigenvalue weighted by Crippen LogP contribution is -2.38. The second kappa shape index (κ2) is 16.0. The average molecular weight is 481 g/mol. The first-order chi connectivity index (χ1) is 12.2. The van der Waals surface area contributed by atoms with E-state index in [1.54, 1.807) is 7.11 Å². The van der Waals surface area contributed by atoms with Crippen LogP contribution in [0.3, 0.4) is 0 Å². The van der Waals surface area contributed by atoms with Crippen LogP contribution in [0.1, 0.15) is 25.8 Å². The number of guanidine groups is 1. The van der Waals surface area contributed by atoms with Crippen LogP contribution < -0.4 is 20.1 Å². The minimum atomic E-state index is -0.0315. The fraction of sp³-hybridized carbons (Fsp3) is 0.611. The molecule has 1 aromatic carbocycles. The summed E-state index contributed by atoms with van der Waals surface area (Å²) in [6, 6.07) is 5.67. The molecular weight excluding hydrogens is 449 g/mol. The van der Waals surface area contributed by atoms with E-state index in [-0.39, 0.29) is 37.2 Å². The summed E-state index contributed by atoms with van der Waals surface area (Å²) in [6.07, 6.45) is 0.934. The Morgan fingerprint density at radius 3 is 2.62 bits per heavy atom. The fourth-order valence-corrected chi connectivity index (χ4v) is 2.12. The summed E-state index contributed by atoms with van der Waals surface area (Å²) in [5, 5.41) is 15.4. The zero-order valence-corrected chi connectivity index (χ0v) is 18.2. The highest BCUT2D eigenvalue weighted by Gasteiger charge is 2.06. The molecule has 0 aliphatic heterocycles. The molecule has 0 spiro atoms. The zero-order chi connectivity index (χ0) is 18.3. The number of aliphatic hydroxyl groups is 1. The van der Waals surface area contributed by atoms with Crippen molar-refractivity contribution in [1.82, 2.24) is 10.6 Å². The van der Waals surface area contributed by atoms with E-state index >= 15 is 0 Å². The van der Waals surface area contributed by atoms with Gasteiger partial charge < -0.3 is 30.0 Å². The number of rotatable bonds is 12. The lowest BCUT2D eigenvalue weighted by Gasteiger charge is -2.13. The Kier molecular flexibility index (Phi) is 15.2. The molecule has 7 nitrogen and oxygen atoms in total. The molecule has 0 radical (unpaired) electrons. The monoisotopic (exact) mass is 481 g/mol. The smallest absolute Gasteiger partial charge is 0.191 e. The van der Waals surface area contributed by atoms with Gasteiger partial charge in [-0.3, -0.25) is 0 Å². The fourth-order valence-electron chi connectivity index (χ4n) is 2.12. The number of methoxy groups -OCH3 is 1. The third kappa shape index (κ3) is 10.0. The minimum Gasteiger partial charge on any atom is -0.493 e. The molecule has 0 aromatic heterocycles. The Morgan fingerprint density at radius 1 is 1.15 bits per heavy atom. The number of halogens is 1. The van der Waals surface area contributed by atoms with Crippen molar-refractivity contribution >= 4 is 29.9 Å². The van der Waals surface area contributed by atoms with Crippen molar-refractivity contribution < 1.29 is 19.3 Å². The van der Waals surface area contributed by atoms with Gasteiger partial charge in [-0.25, -0.2) is 4.99 Å². The Morgan fingerprint density at radius 2 is 1.96 bits per heavy atom. The standard InChI is InChI=1S/C18H31N3O4.HI/c1-4-19-18(20-9-6-11-24-5-2)21-14-15-7-8-16(25-12-10-22)17(13-15)23-3;/h7-8,13,22H,4-6,9-12,14H2,1-3H3,(H2,19,20,21);1H. The topological polar surface area (TPSA) is 84.3 Å². The molecule has 0 heterocycles. The Bertz CT molecular complexity index is 515. The highest BCUT2D eigenvalue weighted by Crippen LogP contribution is 2.28. The molecule has 3 N–H and O–H groups in total. The molecule has 0 saturated heterocycles. The Balaban J connectivity index is 0.00000625. The molecular formula is C18H32IN3O4. The maximum absolute atomic E-state index is 8.85. The van der Waals surface area contributed by atoms with E-state index in [0.717, 1.165) is 44.2 Å². The van der Waals surface area contributed by atoms with E-state index in [4.69, 9.17) is 19.3 Å². The number of nitrogens with one attached hydrogen (secondary N) is 2. The molecule has 0 amide bonds. The molecule has 0 aliphatic carbocycles. The summed E-state index contributed by atoms with van der Waals surface area (Å²) in [5.41, 5.74) is 1.01. The van der Waals surface area contributed by atoms with Crippen LogP contribution in [0.2, 0.25) is 0 Å². The Labute approximate surface area is 173 Å². The largest absolute Gasteiger partial charge is 0.493 e. The van der Waals surface area contributed by atoms with E-state index in [2.05, 4.69) is 15.6 Å². The van der Waals surface area contributed by atoms with Crippen molar-refractivity contribution in [3.63, 3.8) is 0 Å². The SMILES string of the molecule is CCNC(=NCc1ccc(OCCO)c(OC)c1)NCCCOCC.I. The van der Waals surface area contributed by atoms with Gasteiger partial charge in [0.15, 0.2) is 17.5 Å². The van der Waals surface area contributed by atoms with Crippen LogP contribution >= 0.6 is 24.0 Å². The predicted octanol–water partition coefficient (Wildman–Crippen LogP) is 2.17. The van der Waals surface area contributed by atoms with Gasteiger partial charge >= 0.3 is 0 Å². The van der Waals surface area contributed by atoms with Crippen LogP contribution in [0.4, 0.5) is 0 Å². The molecule has 0 aliphatic rings. The second-order valence-corrected chi connectivity index (χ2v) is 5.23. The van der Waals surface area contributed by atoms with Gasteiger partial charge in [-0.1, -0.05) is 6.07 Å². The highest BCUT2D eigenvalue weighted by atomic mass is 127. The zero-order valence-electron chi connectivity index (χ0n) is 15.9. The van der Waals surface area contributed by atoms with Crippen LogP contribution in [0.25, 0.3) is 0 Å². The first kappa shape index (κ1) is 24.7. The molecule has 150 valence electrons. The maximum Gasteiger partial charge on any atom is 0.191 e. The average Bonchev–Trinajstić information content (AvgIpc) is 2.64. The molecule has 1 aromatic rings. The molecule has 1 rings (SSSR count). The number of nitrogens with zero attached hydrogens (tertiary/aromatic N) is 1.